The van der Waals surface area contributed by atoms with Crippen molar-refractivity contribution in [2.45, 2.75) is 50.6 Å². The van der Waals surface area contributed by atoms with Crippen LogP contribution in [0.3, 0.4) is 0 Å². The molecule has 0 aliphatic heterocycles. The van der Waals surface area contributed by atoms with Gasteiger partial charge in [0.1, 0.15) is 0 Å². The molecule has 3 heteroatoms. The van der Waals surface area contributed by atoms with Crippen molar-refractivity contribution >= 4 is 0 Å². The van der Waals surface area contributed by atoms with Crippen molar-refractivity contribution in [1.29, 1.82) is 0 Å². The lowest BCUT2D eigenvalue weighted by Crippen LogP contribution is -3.00. The van der Waals surface area contributed by atoms with Gasteiger partial charge in [-0.15, -0.1) is 0 Å². The first kappa shape index (κ1) is 13.4. The van der Waals surface area contributed by atoms with Gasteiger partial charge in [0.15, 0.2) is 0 Å². The molecule has 1 heterocycles. The van der Waals surface area contributed by atoms with Gasteiger partial charge in [-0.1, -0.05) is 0 Å². The number of halogens is 1. The van der Waals surface area contributed by atoms with Crippen LogP contribution in [0, 0.1) is 17.8 Å². The summed E-state index contributed by atoms with van der Waals surface area (Å²) in [7, 11) is 0. The van der Waals surface area contributed by atoms with E-state index in [1.807, 2.05) is 12.4 Å². The number of pyridine rings is 1. The molecule has 1 aromatic rings. The fourth-order valence-electron chi connectivity index (χ4n) is 5.12. The summed E-state index contributed by atoms with van der Waals surface area (Å²) in [6.45, 7) is 1.02. The van der Waals surface area contributed by atoms with Crippen molar-refractivity contribution in [1.82, 2.24) is 10.3 Å². The summed E-state index contributed by atoms with van der Waals surface area (Å²) in [6.07, 6.45) is 12.7. The Morgan fingerprint density at radius 1 is 1.00 bits per heavy atom. The van der Waals surface area contributed by atoms with Crippen molar-refractivity contribution in [3.63, 3.8) is 0 Å². The summed E-state index contributed by atoms with van der Waals surface area (Å²) in [5, 5.41) is 3.92. The highest BCUT2D eigenvalue weighted by atomic mass is 35.5. The lowest BCUT2D eigenvalue weighted by Gasteiger charge is -2.57. The molecule has 5 rings (SSSR count). The molecule has 1 aromatic heterocycles. The fraction of sp³-hybridized carbons (Fsp3) is 0.688. The van der Waals surface area contributed by atoms with Crippen LogP contribution in [0.1, 0.15) is 44.1 Å². The number of rotatable bonds is 3. The van der Waals surface area contributed by atoms with Gasteiger partial charge in [0, 0.05) is 24.5 Å². The number of nitrogens with zero attached hydrogens (tertiary/aromatic N) is 1. The van der Waals surface area contributed by atoms with Crippen LogP contribution in [0.5, 0.6) is 0 Å². The topological polar surface area (TPSA) is 24.9 Å². The average molecular weight is 278 g/mol. The van der Waals surface area contributed by atoms with Gasteiger partial charge in [-0.25, -0.2) is 0 Å². The summed E-state index contributed by atoms with van der Waals surface area (Å²) in [5.41, 5.74) is 1.86. The Morgan fingerprint density at radius 2 is 1.53 bits per heavy atom. The Labute approximate surface area is 121 Å². The minimum atomic E-state index is 0. The predicted octanol–water partition coefficient (Wildman–Crippen LogP) is 0.144. The molecular weight excluding hydrogens is 256 g/mol. The van der Waals surface area contributed by atoms with Crippen molar-refractivity contribution in [2.24, 2.45) is 17.8 Å². The lowest BCUT2D eigenvalue weighted by atomic mass is 9.53. The molecule has 0 saturated heterocycles. The zero-order valence-electron chi connectivity index (χ0n) is 11.3. The monoisotopic (exact) mass is 277 g/mol. The predicted molar refractivity (Wildman–Crippen MR) is 72.0 cm³/mol. The molecule has 0 radical (unpaired) electrons. The molecule has 4 aliphatic rings. The molecule has 4 saturated carbocycles. The van der Waals surface area contributed by atoms with E-state index in [9.17, 15) is 0 Å². The van der Waals surface area contributed by atoms with Gasteiger partial charge in [0.2, 0.25) is 0 Å². The van der Waals surface area contributed by atoms with Gasteiger partial charge in [0.25, 0.3) is 0 Å². The van der Waals surface area contributed by atoms with Crippen LogP contribution in [0.25, 0.3) is 0 Å². The highest BCUT2D eigenvalue weighted by molar-refractivity contribution is 5.12. The van der Waals surface area contributed by atoms with Crippen LogP contribution in [-0.4, -0.2) is 10.5 Å². The molecule has 2 nitrogen and oxygen atoms in total. The smallest absolute Gasteiger partial charge is 0.0271 e. The van der Waals surface area contributed by atoms with Crippen molar-refractivity contribution < 1.29 is 12.4 Å². The normalized spacial score (nSPS) is 39.1. The molecule has 0 spiro atoms. The molecule has 0 amide bonds. The van der Waals surface area contributed by atoms with E-state index in [1.165, 1.54) is 44.1 Å². The first-order chi connectivity index (χ1) is 8.81. The zero-order valence-corrected chi connectivity index (χ0v) is 12.1. The van der Waals surface area contributed by atoms with E-state index in [2.05, 4.69) is 22.4 Å². The highest BCUT2D eigenvalue weighted by Gasteiger charge is 2.50. The van der Waals surface area contributed by atoms with Crippen LogP contribution < -0.4 is 17.7 Å². The molecule has 4 fully saturated rings. The third kappa shape index (κ3) is 2.53. The lowest BCUT2D eigenvalue weighted by molar-refractivity contribution is -0.0206. The van der Waals surface area contributed by atoms with Gasteiger partial charge < -0.3 is 17.7 Å². The van der Waals surface area contributed by atoms with E-state index in [0.29, 0.717) is 5.54 Å². The minimum Gasteiger partial charge on any atom is -1.00 e. The van der Waals surface area contributed by atoms with Gasteiger partial charge in [-0.2, -0.15) is 0 Å². The number of aromatic nitrogens is 1. The van der Waals surface area contributed by atoms with Gasteiger partial charge >= 0.3 is 0 Å². The van der Waals surface area contributed by atoms with E-state index in [1.54, 1.807) is 0 Å². The Kier molecular flexibility index (Phi) is 3.57. The second-order valence-electron chi connectivity index (χ2n) is 6.91. The Bertz CT molecular complexity index is 396. The first-order valence-electron chi connectivity index (χ1n) is 7.45. The van der Waals surface area contributed by atoms with E-state index >= 15 is 0 Å². The van der Waals surface area contributed by atoms with E-state index < -0.39 is 0 Å². The van der Waals surface area contributed by atoms with Crippen molar-refractivity contribution in [3.05, 3.63) is 30.1 Å². The molecule has 19 heavy (non-hydrogen) atoms. The molecule has 4 aliphatic carbocycles. The Morgan fingerprint density at radius 3 is 2.05 bits per heavy atom. The number of hydrogen-bond donors (Lipinski definition) is 1. The van der Waals surface area contributed by atoms with Gasteiger partial charge in [-0.3, -0.25) is 4.98 Å². The Hall–Kier alpha value is -0.600. The molecule has 0 unspecified atom stereocenters. The quantitative estimate of drug-likeness (QED) is 0.851. The SMILES string of the molecule is [Cl-].c1cc(CNC23CC4CC(CC(C4)C2)C3)ccn1. The summed E-state index contributed by atoms with van der Waals surface area (Å²) < 4.78 is 0. The largest absolute Gasteiger partial charge is 1.00 e. The highest BCUT2D eigenvalue weighted by Crippen LogP contribution is 2.55. The maximum absolute atomic E-state index is 4.09. The molecule has 0 atom stereocenters. The second-order valence-corrected chi connectivity index (χ2v) is 6.91. The van der Waals surface area contributed by atoms with E-state index in [4.69, 9.17) is 0 Å². The van der Waals surface area contributed by atoms with Gasteiger partial charge in [-0.05, 0) is 74.0 Å². The average Bonchev–Trinajstić information content (AvgIpc) is 2.36. The zero-order chi connectivity index (χ0) is 12.0. The van der Waals surface area contributed by atoms with Crippen LogP contribution in [0.4, 0.5) is 0 Å². The minimum absolute atomic E-state index is 0. The maximum atomic E-state index is 4.09. The molecular formula is C16H22ClN2-. The van der Waals surface area contributed by atoms with Crippen LogP contribution in [-0.2, 0) is 6.54 Å². The van der Waals surface area contributed by atoms with Crippen molar-refractivity contribution in [2.75, 3.05) is 0 Å². The Balaban J connectivity index is 0.00000110. The summed E-state index contributed by atoms with van der Waals surface area (Å²) in [5.74, 6) is 3.09. The summed E-state index contributed by atoms with van der Waals surface area (Å²) in [4.78, 5) is 4.09. The van der Waals surface area contributed by atoms with Crippen LogP contribution >= 0.6 is 0 Å². The summed E-state index contributed by atoms with van der Waals surface area (Å²) >= 11 is 0. The van der Waals surface area contributed by atoms with Crippen molar-refractivity contribution in [3.8, 4) is 0 Å². The van der Waals surface area contributed by atoms with Gasteiger partial charge in [0.05, 0.1) is 0 Å². The molecule has 1 N–H and O–H groups in total. The molecule has 4 bridgehead atoms. The van der Waals surface area contributed by atoms with Crippen LogP contribution in [0.15, 0.2) is 24.5 Å². The maximum Gasteiger partial charge on any atom is 0.0271 e. The third-order valence-corrected chi connectivity index (χ3v) is 5.46. The van der Waals surface area contributed by atoms with Crippen LogP contribution in [0.2, 0.25) is 0 Å². The van der Waals surface area contributed by atoms with E-state index in [0.717, 1.165) is 24.3 Å². The van der Waals surface area contributed by atoms with E-state index in [-0.39, 0.29) is 12.4 Å². The third-order valence-electron chi connectivity index (χ3n) is 5.46. The standard InChI is InChI=1S/C16H22N2.ClH/c1-3-17-4-2-12(1)11-18-16-8-13-5-14(9-16)7-15(6-13)10-16;/h1-4,13-15,18H,5-11H2;1H/p-1. The number of hydrogen-bond acceptors (Lipinski definition) is 2. The fourth-order valence-corrected chi connectivity index (χ4v) is 5.12. The summed E-state index contributed by atoms with van der Waals surface area (Å²) in [6, 6.07) is 4.26. The second kappa shape index (κ2) is 5.06. The molecule has 104 valence electrons. The molecule has 0 aromatic carbocycles. The number of nitrogens with one attached hydrogen (secondary N) is 1. The first-order valence-corrected chi connectivity index (χ1v) is 7.45.